The van der Waals surface area contributed by atoms with Crippen LogP contribution >= 0.6 is 27.5 Å². The molecule has 3 nitrogen and oxygen atoms in total. The Labute approximate surface area is 88.9 Å². The summed E-state index contributed by atoms with van der Waals surface area (Å²) >= 11 is 8.86. The van der Waals surface area contributed by atoms with Crippen LogP contribution < -0.4 is 0 Å². The molecule has 0 radical (unpaired) electrons. The first-order valence-electron chi connectivity index (χ1n) is 3.56. The van der Waals surface area contributed by atoms with Crippen molar-refractivity contribution in [3.63, 3.8) is 0 Å². The van der Waals surface area contributed by atoms with Crippen LogP contribution in [0.25, 0.3) is 0 Å². The van der Waals surface area contributed by atoms with Gasteiger partial charge in [0.25, 0.3) is 0 Å². The minimum absolute atomic E-state index is 0.298. The fourth-order valence-electron chi connectivity index (χ4n) is 0.892. The standard InChI is InChI=1S/C8H7BrClNO2/c1-4(8(12)13)5-2-7(10)11-3-6(5)9/h2-4H,1H3,(H,12,13). The lowest BCUT2D eigenvalue weighted by Crippen LogP contribution is -2.08. The molecule has 13 heavy (non-hydrogen) atoms. The molecule has 1 rings (SSSR count). The maximum absolute atomic E-state index is 10.7. The Morgan fingerprint density at radius 1 is 1.77 bits per heavy atom. The Kier molecular flexibility index (Phi) is 3.27. The number of hydrogen-bond donors (Lipinski definition) is 1. The number of hydrogen-bond acceptors (Lipinski definition) is 2. The molecule has 0 aliphatic rings. The van der Waals surface area contributed by atoms with Gasteiger partial charge in [0.15, 0.2) is 0 Å². The van der Waals surface area contributed by atoms with E-state index < -0.39 is 11.9 Å². The molecule has 0 aliphatic heterocycles. The van der Waals surface area contributed by atoms with Gasteiger partial charge in [-0.15, -0.1) is 0 Å². The molecule has 5 heteroatoms. The molecule has 0 spiro atoms. The summed E-state index contributed by atoms with van der Waals surface area (Å²) in [4.78, 5) is 14.5. The second kappa shape index (κ2) is 4.07. The Morgan fingerprint density at radius 3 is 2.92 bits per heavy atom. The summed E-state index contributed by atoms with van der Waals surface area (Å²) in [5.74, 6) is -1.47. The lowest BCUT2D eigenvalue weighted by atomic mass is 10.0. The molecule has 1 unspecified atom stereocenters. The lowest BCUT2D eigenvalue weighted by Gasteiger charge is -2.08. The summed E-state index contributed by atoms with van der Waals surface area (Å²) in [6, 6.07) is 1.55. The highest BCUT2D eigenvalue weighted by Gasteiger charge is 2.17. The van der Waals surface area contributed by atoms with Gasteiger partial charge in [0, 0.05) is 10.7 Å². The van der Waals surface area contributed by atoms with Crippen LogP contribution in [0.3, 0.4) is 0 Å². The smallest absolute Gasteiger partial charge is 0.310 e. The van der Waals surface area contributed by atoms with E-state index in [0.717, 1.165) is 0 Å². The summed E-state index contributed by atoms with van der Waals surface area (Å²) in [5.41, 5.74) is 0.632. The van der Waals surface area contributed by atoms with Gasteiger partial charge in [-0.05, 0) is 34.5 Å². The molecule has 0 bridgehead atoms. The van der Waals surface area contributed by atoms with Crippen molar-refractivity contribution in [3.8, 4) is 0 Å². The SMILES string of the molecule is CC(C(=O)O)c1cc(Cl)ncc1Br. The third-order valence-electron chi connectivity index (χ3n) is 1.69. The van der Waals surface area contributed by atoms with Crippen molar-refractivity contribution in [1.29, 1.82) is 0 Å². The first kappa shape index (κ1) is 10.5. The number of rotatable bonds is 2. The third kappa shape index (κ3) is 2.42. The maximum Gasteiger partial charge on any atom is 0.310 e. The largest absolute Gasteiger partial charge is 0.481 e. The highest BCUT2D eigenvalue weighted by molar-refractivity contribution is 9.10. The van der Waals surface area contributed by atoms with Crippen LogP contribution in [0.2, 0.25) is 5.15 Å². The molecule has 0 fully saturated rings. The van der Waals surface area contributed by atoms with Gasteiger partial charge in [0.1, 0.15) is 5.15 Å². The van der Waals surface area contributed by atoms with Crippen LogP contribution in [0.5, 0.6) is 0 Å². The molecule has 1 N–H and O–H groups in total. The van der Waals surface area contributed by atoms with E-state index in [2.05, 4.69) is 20.9 Å². The van der Waals surface area contributed by atoms with E-state index in [9.17, 15) is 4.79 Å². The van der Waals surface area contributed by atoms with Gasteiger partial charge in [0.2, 0.25) is 0 Å². The molecule has 1 aromatic heterocycles. The van der Waals surface area contributed by atoms with Crippen molar-refractivity contribution >= 4 is 33.5 Å². The molecule has 70 valence electrons. The Bertz CT molecular complexity index is 343. The van der Waals surface area contributed by atoms with E-state index in [1.54, 1.807) is 13.0 Å². The van der Waals surface area contributed by atoms with Crippen molar-refractivity contribution in [2.75, 3.05) is 0 Å². The van der Waals surface area contributed by atoms with E-state index in [0.29, 0.717) is 15.2 Å². The normalized spacial score (nSPS) is 12.5. The number of halogens is 2. The fraction of sp³-hybridized carbons (Fsp3) is 0.250. The number of carboxylic acid groups (broad SMARTS) is 1. The predicted molar refractivity (Wildman–Crippen MR) is 53.0 cm³/mol. The second-order valence-corrected chi connectivity index (χ2v) is 3.83. The first-order chi connectivity index (χ1) is 6.02. The lowest BCUT2D eigenvalue weighted by molar-refractivity contribution is -0.138. The van der Waals surface area contributed by atoms with E-state index in [1.165, 1.54) is 6.20 Å². The number of aliphatic carboxylic acids is 1. The van der Waals surface area contributed by atoms with Crippen LogP contribution in [-0.2, 0) is 4.79 Å². The predicted octanol–water partition coefficient (Wildman–Crippen LogP) is 2.69. The molecule has 0 amide bonds. The van der Waals surface area contributed by atoms with Crippen molar-refractivity contribution in [3.05, 3.63) is 27.5 Å². The number of carboxylic acids is 1. The van der Waals surface area contributed by atoms with Crippen LogP contribution in [-0.4, -0.2) is 16.1 Å². The maximum atomic E-state index is 10.7. The minimum Gasteiger partial charge on any atom is -0.481 e. The van der Waals surface area contributed by atoms with Crippen LogP contribution in [0.15, 0.2) is 16.7 Å². The zero-order valence-corrected chi connectivity index (χ0v) is 9.13. The van der Waals surface area contributed by atoms with Gasteiger partial charge in [-0.25, -0.2) is 4.98 Å². The molecular weight excluding hydrogens is 257 g/mol. The van der Waals surface area contributed by atoms with Gasteiger partial charge < -0.3 is 5.11 Å². The Morgan fingerprint density at radius 2 is 2.38 bits per heavy atom. The molecular formula is C8H7BrClNO2. The molecule has 1 aromatic rings. The number of pyridine rings is 1. The zero-order chi connectivity index (χ0) is 10.0. The van der Waals surface area contributed by atoms with E-state index >= 15 is 0 Å². The second-order valence-electron chi connectivity index (χ2n) is 2.59. The number of aromatic nitrogens is 1. The summed E-state index contributed by atoms with van der Waals surface area (Å²) in [7, 11) is 0. The molecule has 0 aliphatic carbocycles. The molecule has 0 saturated carbocycles. The molecule has 0 saturated heterocycles. The highest BCUT2D eigenvalue weighted by Crippen LogP contribution is 2.26. The summed E-state index contributed by atoms with van der Waals surface area (Å²) in [5, 5.41) is 9.06. The van der Waals surface area contributed by atoms with Gasteiger partial charge in [-0.2, -0.15) is 0 Å². The van der Waals surface area contributed by atoms with Gasteiger partial charge >= 0.3 is 5.97 Å². The van der Waals surface area contributed by atoms with E-state index in [-0.39, 0.29) is 0 Å². The van der Waals surface area contributed by atoms with Crippen LogP contribution in [0, 0.1) is 0 Å². The summed E-state index contributed by atoms with van der Waals surface area (Å²) in [6.45, 7) is 1.60. The fourth-order valence-corrected chi connectivity index (χ4v) is 1.62. The average molecular weight is 265 g/mol. The van der Waals surface area contributed by atoms with Gasteiger partial charge in [-0.3, -0.25) is 4.79 Å². The minimum atomic E-state index is -0.886. The third-order valence-corrected chi connectivity index (χ3v) is 2.56. The van der Waals surface area contributed by atoms with Crippen molar-refractivity contribution in [1.82, 2.24) is 4.98 Å². The Hall–Kier alpha value is -0.610. The summed E-state index contributed by atoms with van der Waals surface area (Å²) < 4.78 is 0.659. The monoisotopic (exact) mass is 263 g/mol. The van der Waals surface area contributed by atoms with Crippen molar-refractivity contribution in [2.45, 2.75) is 12.8 Å². The number of carbonyl (C=O) groups is 1. The highest BCUT2D eigenvalue weighted by atomic mass is 79.9. The molecule has 0 aromatic carbocycles. The topological polar surface area (TPSA) is 50.2 Å². The van der Waals surface area contributed by atoms with Crippen LogP contribution in [0.4, 0.5) is 0 Å². The Balaban J connectivity index is 3.12. The molecule has 1 heterocycles. The van der Waals surface area contributed by atoms with E-state index in [4.69, 9.17) is 16.7 Å². The van der Waals surface area contributed by atoms with E-state index in [1.807, 2.05) is 0 Å². The molecule has 1 atom stereocenters. The van der Waals surface area contributed by atoms with Gasteiger partial charge in [0.05, 0.1) is 5.92 Å². The van der Waals surface area contributed by atoms with Gasteiger partial charge in [-0.1, -0.05) is 11.6 Å². The zero-order valence-electron chi connectivity index (χ0n) is 6.79. The quantitative estimate of drug-likeness (QED) is 0.836. The first-order valence-corrected chi connectivity index (χ1v) is 4.73. The summed E-state index contributed by atoms with van der Waals surface area (Å²) in [6.07, 6.45) is 1.50. The van der Waals surface area contributed by atoms with Crippen LogP contribution in [0.1, 0.15) is 18.4 Å². The van der Waals surface area contributed by atoms with Crippen molar-refractivity contribution in [2.24, 2.45) is 0 Å². The average Bonchev–Trinajstić information content (AvgIpc) is 2.08. The number of nitrogens with zero attached hydrogens (tertiary/aromatic N) is 1. The van der Waals surface area contributed by atoms with Crippen molar-refractivity contribution < 1.29 is 9.90 Å².